The van der Waals surface area contributed by atoms with Crippen molar-refractivity contribution in [1.29, 1.82) is 0 Å². The summed E-state index contributed by atoms with van der Waals surface area (Å²) in [6.45, 7) is 8.08. The molecule has 0 bridgehead atoms. The van der Waals surface area contributed by atoms with Gasteiger partial charge in [-0.2, -0.15) is 0 Å². The maximum atomic E-state index is 10.3. The number of aryl methyl sites for hydroxylation is 1. The molecule has 112 valence electrons. The molecule has 2 atom stereocenters. The topological polar surface area (TPSA) is 32.7 Å². The molecule has 1 aliphatic rings. The summed E-state index contributed by atoms with van der Waals surface area (Å²) in [5.41, 5.74) is 2.22. The second-order valence-corrected chi connectivity index (χ2v) is 5.69. The van der Waals surface area contributed by atoms with Gasteiger partial charge in [0, 0.05) is 19.7 Å². The van der Waals surface area contributed by atoms with Gasteiger partial charge in [0.1, 0.15) is 0 Å². The lowest BCUT2D eigenvalue weighted by atomic mass is 10.0. The number of nitrogens with zero attached hydrogens (tertiary/aromatic N) is 1. The fourth-order valence-corrected chi connectivity index (χ4v) is 2.88. The minimum Gasteiger partial charge on any atom is -0.388 e. The number of benzene rings is 1. The SMILES string of the molecule is CCN(CCC(O)c1ccccc1C)CC1CCCO1. The van der Waals surface area contributed by atoms with E-state index in [1.54, 1.807) is 0 Å². The summed E-state index contributed by atoms with van der Waals surface area (Å²) in [5, 5.41) is 10.3. The molecule has 1 aromatic rings. The molecule has 20 heavy (non-hydrogen) atoms. The van der Waals surface area contributed by atoms with Crippen molar-refractivity contribution in [2.75, 3.05) is 26.2 Å². The summed E-state index contributed by atoms with van der Waals surface area (Å²) >= 11 is 0. The lowest BCUT2D eigenvalue weighted by Gasteiger charge is -2.25. The van der Waals surface area contributed by atoms with Crippen LogP contribution in [0.1, 0.15) is 43.4 Å². The average molecular weight is 277 g/mol. The maximum Gasteiger partial charge on any atom is 0.0804 e. The first-order chi connectivity index (χ1) is 9.70. The first-order valence-corrected chi connectivity index (χ1v) is 7.78. The smallest absolute Gasteiger partial charge is 0.0804 e. The van der Waals surface area contributed by atoms with Crippen LogP contribution in [0.15, 0.2) is 24.3 Å². The molecule has 0 amide bonds. The summed E-state index contributed by atoms with van der Waals surface area (Å²) in [4.78, 5) is 2.39. The number of hydrogen-bond donors (Lipinski definition) is 1. The zero-order valence-corrected chi connectivity index (χ0v) is 12.7. The molecule has 1 N–H and O–H groups in total. The van der Waals surface area contributed by atoms with Crippen molar-refractivity contribution in [3.8, 4) is 0 Å². The molecule has 2 rings (SSSR count). The first-order valence-electron chi connectivity index (χ1n) is 7.78. The van der Waals surface area contributed by atoms with E-state index in [9.17, 15) is 5.11 Å². The Hall–Kier alpha value is -0.900. The fourth-order valence-electron chi connectivity index (χ4n) is 2.88. The van der Waals surface area contributed by atoms with Crippen molar-refractivity contribution < 1.29 is 9.84 Å². The van der Waals surface area contributed by atoms with Gasteiger partial charge < -0.3 is 14.7 Å². The monoisotopic (exact) mass is 277 g/mol. The van der Waals surface area contributed by atoms with E-state index in [1.807, 2.05) is 18.2 Å². The fraction of sp³-hybridized carbons (Fsp3) is 0.647. The van der Waals surface area contributed by atoms with Crippen LogP contribution in [-0.4, -0.2) is 42.4 Å². The summed E-state index contributed by atoms with van der Waals surface area (Å²) in [6.07, 6.45) is 3.18. The summed E-state index contributed by atoms with van der Waals surface area (Å²) in [5.74, 6) is 0. The molecule has 1 heterocycles. The van der Waals surface area contributed by atoms with Crippen molar-refractivity contribution in [2.24, 2.45) is 0 Å². The minimum absolute atomic E-state index is 0.366. The molecule has 0 spiro atoms. The van der Waals surface area contributed by atoms with Crippen LogP contribution in [0.4, 0.5) is 0 Å². The lowest BCUT2D eigenvalue weighted by molar-refractivity contribution is 0.0668. The molecule has 0 aliphatic carbocycles. The summed E-state index contributed by atoms with van der Waals surface area (Å²) in [7, 11) is 0. The number of ether oxygens (including phenoxy) is 1. The lowest BCUT2D eigenvalue weighted by Crippen LogP contribution is -2.33. The largest absolute Gasteiger partial charge is 0.388 e. The van der Waals surface area contributed by atoms with Gasteiger partial charge in [-0.3, -0.25) is 0 Å². The molecule has 1 aromatic carbocycles. The molecule has 3 heteroatoms. The molecule has 2 unspecified atom stereocenters. The highest BCUT2D eigenvalue weighted by atomic mass is 16.5. The van der Waals surface area contributed by atoms with Gasteiger partial charge in [-0.25, -0.2) is 0 Å². The van der Waals surface area contributed by atoms with E-state index >= 15 is 0 Å². The van der Waals surface area contributed by atoms with Gasteiger partial charge in [0.2, 0.25) is 0 Å². The van der Waals surface area contributed by atoms with Crippen LogP contribution in [0.3, 0.4) is 0 Å². The van der Waals surface area contributed by atoms with E-state index in [1.165, 1.54) is 18.4 Å². The molecule has 0 saturated carbocycles. The standard InChI is InChI=1S/C17H27NO2/c1-3-18(13-15-8-6-12-20-15)11-10-17(19)16-9-5-4-7-14(16)2/h4-5,7,9,15,17,19H,3,6,8,10-13H2,1-2H3. The number of rotatable bonds is 7. The highest BCUT2D eigenvalue weighted by Crippen LogP contribution is 2.21. The Bertz CT molecular complexity index is 402. The Morgan fingerprint density at radius 3 is 2.85 bits per heavy atom. The van der Waals surface area contributed by atoms with Gasteiger partial charge in [-0.05, 0) is 43.9 Å². The van der Waals surface area contributed by atoms with Gasteiger partial charge in [0.05, 0.1) is 12.2 Å². The predicted octanol–water partition coefficient (Wildman–Crippen LogP) is 2.92. The molecule has 1 fully saturated rings. The Morgan fingerprint density at radius 2 is 2.20 bits per heavy atom. The van der Waals surface area contributed by atoms with Crippen LogP contribution < -0.4 is 0 Å². The summed E-state index contributed by atoms with van der Waals surface area (Å²) < 4.78 is 5.69. The van der Waals surface area contributed by atoms with Crippen LogP contribution >= 0.6 is 0 Å². The van der Waals surface area contributed by atoms with Crippen molar-refractivity contribution in [2.45, 2.75) is 45.3 Å². The van der Waals surface area contributed by atoms with E-state index in [-0.39, 0.29) is 6.10 Å². The van der Waals surface area contributed by atoms with E-state index in [2.05, 4.69) is 24.8 Å². The highest BCUT2D eigenvalue weighted by Gasteiger charge is 2.19. The zero-order valence-electron chi connectivity index (χ0n) is 12.7. The van der Waals surface area contributed by atoms with E-state index in [4.69, 9.17) is 4.74 Å². The molecule has 0 aromatic heterocycles. The van der Waals surface area contributed by atoms with Gasteiger partial charge in [-0.1, -0.05) is 31.2 Å². The third-order valence-electron chi connectivity index (χ3n) is 4.20. The molecule has 0 radical (unpaired) electrons. The Morgan fingerprint density at radius 1 is 1.40 bits per heavy atom. The van der Waals surface area contributed by atoms with Crippen LogP contribution in [0.5, 0.6) is 0 Å². The van der Waals surface area contributed by atoms with Crippen LogP contribution in [0.25, 0.3) is 0 Å². The third kappa shape index (κ3) is 4.30. The number of likely N-dealkylation sites (N-methyl/N-ethyl adjacent to an activating group) is 1. The molecule has 1 saturated heterocycles. The Labute approximate surface area is 122 Å². The minimum atomic E-state index is -0.366. The van der Waals surface area contributed by atoms with Gasteiger partial charge in [0.25, 0.3) is 0 Å². The van der Waals surface area contributed by atoms with E-state index < -0.39 is 0 Å². The predicted molar refractivity (Wildman–Crippen MR) is 81.8 cm³/mol. The number of aliphatic hydroxyl groups excluding tert-OH is 1. The van der Waals surface area contributed by atoms with E-state index in [0.29, 0.717) is 6.10 Å². The third-order valence-corrected chi connectivity index (χ3v) is 4.20. The molecule has 1 aliphatic heterocycles. The van der Waals surface area contributed by atoms with Crippen LogP contribution in [-0.2, 0) is 4.74 Å². The molecular weight excluding hydrogens is 250 g/mol. The van der Waals surface area contributed by atoms with Crippen molar-refractivity contribution in [1.82, 2.24) is 4.90 Å². The van der Waals surface area contributed by atoms with Crippen LogP contribution in [0, 0.1) is 6.92 Å². The Kier molecular flexibility index (Phi) is 6.02. The van der Waals surface area contributed by atoms with Gasteiger partial charge in [0.15, 0.2) is 0 Å². The first kappa shape index (κ1) is 15.5. The Balaban J connectivity index is 1.81. The normalized spacial score (nSPS) is 20.5. The highest BCUT2D eigenvalue weighted by molar-refractivity contribution is 5.27. The van der Waals surface area contributed by atoms with Crippen LogP contribution in [0.2, 0.25) is 0 Å². The number of hydrogen-bond acceptors (Lipinski definition) is 3. The van der Waals surface area contributed by atoms with Gasteiger partial charge in [-0.15, -0.1) is 0 Å². The van der Waals surface area contributed by atoms with Crippen molar-refractivity contribution in [3.63, 3.8) is 0 Å². The quantitative estimate of drug-likeness (QED) is 0.832. The second-order valence-electron chi connectivity index (χ2n) is 5.69. The summed E-state index contributed by atoms with van der Waals surface area (Å²) in [6, 6.07) is 8.09. The maximum absolute atomic E-state index is 10.3. The molecular formula is C17H27NO2. The molecule has 3 nitrogen and oxygen atoms in total. The van der Waals surface area contributed by atoms with Crippen molar-refractivity contribution in [3.05, 3.63) is 35.4 Å². The van der Waals surface area contributed by atoms with E-state index in [0.717, 1.165) is 38.2 Å². The van der Waals surface area contributed by atoms with Crippen molar-refractivity contribution >= 4 is 0 Å². The number of aliphatic hydroxyl groups is 1. The average Bonchev–Trinajstić information content (AvgIpc) is 2.96. The zero-order chi connectivity index (χ0) is 14.4. The van der Waals surface area contributed by atoms with Gasteiger partial charge >= 0.3 is 0 Å². The second kappa shape index (κ2) is 7.77.